The molecule has 0 aliphatic heterocycles. The topological polar surface area (TPSA) is 114 Å². The molecule has 0 saturated carbocycles. The highest BCUT2D eigenvalue weighted by Crippen LogP contribution is 2.47. The number of nitriles is 3. The molecule has 0 aliphatic carbocycles. The van der Waals surface area contributed by atoms with Crippen LogP contribution >= 0.6 is 0 Å². The molecule has 630 valence electrons. The van der Waals surface area contributed by atoms with Crippen LogP contribution in [0.1, 0.15) is 61.2 Å². The molecule has 0 atom stereocenters. The fourth-order valence-corrected chi connectivity index (χ4v) is 20.4. The summed E-state index contributed by atoms with van der Waals surface area (Å²) in [7, 11) is 0. The summed E-state index contributed by atoms with van der Waals surface area (Å²) >= 11 is 0. The molecule has 0 fully saturated rings. The summed E-state index contributed by atoms with van der Waals surface area (Å²) in [6.07, 6.45) is 0. The molecular formula is C122H82N12. The van der Waals surface area contributed by atoms with Crippen molar-refractivity contribution in [1.82, 2.24) is 27.4 Å². The molecule has 0 amide bonds. The lowest BCUT2D eigenvalue weighted by Gasteiger charge is -2.14. The first-order valence-electron chi connectivity index (χ1n) is 44.7. The van der Waals surface area contributed by atoms with E-state index in [1.807, 2.05) is 97.1 Å². The molecule has 0 radical (unpaired) electrons. The number of benzene rings is 18. The van der Waals surface area contributed by atoms with Crippen LogP contribution in [-0.2, 0) is 0 Å². The highest BCUT2D eigenvalue weighted by atomic mass is 15.0. The third-order valence-corrected chi connectivity index (χ3v) is 26.6. The number of nitrogens with zero attached hydrogens (tertiary/aromatic N) is 12. The Bertz CT molecular complexity index is 8810. The predicted molar refractivity (Wildman–Crippen MR) is 552 cm³/mol. The van der Waals surface area contributed by atoms with Crippen LogP contribution in [0.3, 0.4) is 0 Å². The van der Waals surface area contributed by atoms with Crippen molar-refractivity contribution in [3.8, 4) is 85.7 Å². The molecule has 18 aromatic carbocycles. The summed E-state index contributed by atoms with van der Waals surface area (Å²) in [5.74, 6) is 0. The number of hydrogen-bond acceptors (Lipinski definition) is 3. The van der Waals surface area contributed by atoms with E-state index in [9.17, 15) is 15.8 Å². The average Bonchev–Trinajstić information content (AvgIpc) is 1.66. The van der Waals surface area contributed by atoms with Gasteiger partial charge in [0, 0.05) is 98.8 Å². The van der Waals surface area contributed by atoms with E-state index in [4.69, 9.17) is 19.7 Å². The molecule has 6 heterocycles. The molecule has 24 aromatic rings. The Balaban J connectivity index is 0.000000117. The van der Waals surface area contributed by atoms with Crippen molar-refractivity contribution in [1.29, 1.82) is 15.8 Å². The summed E-state index contributed by atoms with van der Waals surface area (Å²) in [5, 5.41) is 45.4. The molecular weight excluding hydrogens is 1630 g/mol. The van der Waals surface area contributed by atoms with Crippen LogP contribution in [0.4, 0.5) is 17.1 Å². The van der Waals surface area contributed by atoms with Crippen LogP contribution in [0.5, 0.6) is 0 Å². The van der Waals surface area contributed by atoms with Gasteiger partial charge in [-0.3, -0.25) is 0 Å². The van der Waals surface area contributed by atoms with Crippen molar-refractivity contribution in [2.45, 2.75) is 55.4 Å². The highest BCUT2D eigenvalue weighted by molar-refractivity contribution is 6.15. The standard InChI is InChI=1S/C42H30N4.2C40H26N4/c1-25-6-12-34-35-13-7-26(2)19-40(35)45(39(34)18-25)30-10-16-32(29(22-30)24-43)33-17-11-31(23-38(33)44-5)46-41-20-27(3)8-14-36(41)37-15-9-28(4)21-42(37)46;1-25-12-18-39-34(20-25)32-8-4-6-10-37(32)43(39)28-14-16-30(27(22-28)24-41)31-17-15-29(23-36(31)42-3)44-38-11-7-5-9-33(38)35-21-26(2)13-19-40(35)44;1-25-12-16-34-32-8-4-6-10-37(32)43(39(34)20-25)28-14-18-30(27(22-28)24-41)31-19-15-29(23-36(31)42-3)44-38-11-7-5-9-33(38)35-17-13-26(2)21-40(35)44/h6-23H,1-4H3;2*4-23H,1-2H3. The minimum atomic E-state index is 0.511. The lowest BCUT2D eigenvalue weighted by molar-refractivity contribution is 1.17. The molecule has 0 unspecified atom stereocenters. The molecule has 24 rings (SSSR count). The Hall–Kier alpha value is -18.3. The summed E-state index contributed by atoms with van der Waals surface area (Å²) in [4.78, 5) is 11.9. The minimum Gasteiger partial charge on any atom is -0.311 e. The quantitative estimate of drug-likeness (QED) is 0.134. The first kappa shape index (κ1) is 81.5. The SMILES string of the molecule is [C-]#[N+]c1cc(-n2c3cc(C)ccc3c3ccc(C)cc32)ccc1-c1ccc(-n2c3cc(C)ccc3c3ccc(C)cc32)cc1C#N.[C-]#[N+]c1cc(-n2c3ccccc3c3cc(C)ccc32)ccc1-c1ccc(-n2c3ccccc3c3cc(C)ccc32)cc1C#N.[C-]#[N+]c1cc(-n2c3ccccc3c3ccc(C)cc32)ccc1-c1ccc(-n2c3ccccc3c3ccc(C)cc32)cc1C#N. The van der Waals surface area contributed by atoms with Gasteiger partial charge in [0.2, 0.25) is 0 Å². The first-order valence-corrected chi connectivity index (χ1v) is 44.7. The fourth-order valence-electron chi connectivity index (χ4n) is 20.4. The van der Waals surface area contributed by atoms with E-state index in [1.165, 1.54) is 109 Å². The Morgan fingerprint density at radius 2 is 0.366 bits per heavy atom. The zero-order chi connectivity index (χ0) is 91.6. The molecule has 0 spiro atoms. The predicted octanol–water partition coefficient (Wildman–Crippen LogP) is 32.4. The van der Waals surface area contributed by atoms with Gasteiger partial charge in [-0.25, -0.2) is 14.5 Å². The average molecular weight is 1720 g/mol. The Kier molecular flexibility index (Phi) is 19.7. The van der Waals surface area contributed by atoms with E-state index in [1.54, 1.807) is 0 Å². The van der Waals surface area contributed by atoms with Crippen molar-refractivity contribution >= 4 is 148 Å². The first-order chi connectivity index (χ1) is 65.4. The maximum absolute atomic E-state index is 10.4. The second-order valence-electron chi connectivity index (χ2n) is 35.2. The van der Waals surface area contributed by atoms with Crippen molar-refractivity contribution in [2.75, 3.05) is 0 Å². The Morgan fingerprint density at radius 3 is 0.612 bits per heavy atom. The molecule has 0 aliphatic rings. The number of para-hydroxylation sites is 4. The van der Waals surface area contributed by atoms with Crippen molar-refractivity contribution in [2.24, 2.45) is 0 Å². The third kappa shape index (κ3) is 13.4. The third-order valence-electron chi connectivity index (χ3n) is 26.6. The fraction of sp³-hybridized carbons (Fsp3) is 0.0656. The van der Waals surface area contributed by atoms with Gasteiger partial charge in [-0.05, 0) is 280 Å². The number of hydrogen-bond donors (Lipinski definition) is 0. The van der Waals surface area contributed by atoms with Gasteiger partial charge in [-0.15, -0.1) is 0 Å². The molecule has 6 aromatic heterocycles. The van der Waals surface area contributed by atoms with Crippen molar-refractivity contribution < 1.29 is 0 Å². The van der Waals surface area contributed by atoms with Gasteiger partial charge in [0.15, 0.2) is 17.1 Å². The van der Waals surface area contributed by atoms with Crippen LogP contribution in [-0.4, -0.2) is 27.4 Å². The summed E-state index contributed by atoms with van der Waals surface area (Å²) in [6.45, 7) is 41.3. The molecule has 0 N–H and O–H groups in total. The van der Waals surface area contributed by atoms with Crippen molar-refractivity contribution in [3.63, 3.8) is 0 Å². The van der Waals surface area contributed by atoms with Crippen LogP contribution in [0.15, 0.2) is 352 Å². The Labute approximate surface area is 774 Å². The van der Waals surface area contributed by atoms with Gasteiger partial charge >= 0.3 is 0 Å². The van der Waals surface area contributed by atoms with E-state index in [2.05, 4.69) is 370 Å². The highest BCUT2D eigenvalue weighted by Gasteiger charge is 2.25. The zero-order valence-electron chi connectivity index (χ0n) is 74.9. The van der Waals surface area contributed by atoms with E-state index < -0.39 is 0 Å². The van der Waals surface area contributed by atoms with Crippen molar-refractivity contribution in [3.05, 3.63) is 447 Å². The second kappa shape index (κ2) is 32.5. The van der Waals surface area contributed by atoms with Gasteiger partial charge in [-0.2, -0.15) is 15.8 Å². The number of fused-ring (bicyclic) bond motifs is 18. The Morgan fingerprint density at radius 1 is 0.179 bits per heavy atom. The van der Waals surface area contributed by atoms with Crippen LogP contribution < -0.4 is 0 Å². The van der Waals surface area contributed by atoms with Gasteiger partial charge in [-0.1, -0.05) is 205 Å². The molecule has 0 saturated heterocycles. The lowest BCUT2D eigenvalue weighted by atomic mass is 9.97. The zero-order valence-corrected chi connectivity index (χ0v) is 74.9. The van der Waals surface area contributed by atoms with E-state index in [0.717, 1.165) is 134 Å². The smallest absolute Gasteiger partial charge is 0.197 e. The molecule has 0 bridgehead atoms. The van der Waals surface area contributed by atoms with Gasteiger partial charge in [0.05, 0.1) is 121 Å². The number of aromatic nitrogens is 6. The van der Waals surface area contributed by atoms with Gasteiger partial charge in [0.25, 0.3) is 0 Å². The van der Waals surface area contributed by atoms with Gasteiger partial charge in [0.1, 0.15) is 0 Å². The van der Waals surface area contributed by atoms with Crippen LogP contribution in [0.2, 0.25) is 0 Å². The normalized spacial score (nSPS) is 11.4. The maximum Gasteiger partial charge on any atom is 0.197 e. The summed E-state index contributed by atoms with van der Waals surface area (Å²) < 4.78 is 13.4. The number of rotatable bonds is 9. The molecule has 12 nitrogen and oxygen atoms in total. The van der Waals surface area contributed by atoms with Gasteiger partial charge < -0.3 is 27.4 Å². The summed E-state index contributed by atoms with van der Waals surface area (Å²) in [5.41, 5.74) is 36.0. The summed E-state index contributed by atoms with van der Waals surface area (Å²) in [6, 6.07) is 129. The van der Waals surface area contributed by atoms with Crippen LogP contribution in [0, 0.1) is 109 Å². The largest absolute Gasteiger partial charge is 0.311 e. The number of aryl methyl sites for hydroxylation is 8. The maximum atomic E-state index is 10.4. The molecule has 12 heteroatoms. The molecule has 134 heavy (non-hydrogen) atoms. The van der Waals surface area contributed by atoms with Crippen LogP contribution in [0.25, 0.3) is 213 Å². The second-order valence-corrected chi connectivity index (χ2v) is 35.2. The monoisotopic (exact) mass is 1710 g/mol. The van der Waals surface area contributed by atoms with E-state index in [-0.39, 0.29) is 0 Å². The minimum absolute atomic E-state index is 0.511. The van der Waals surface area contributed by atoms with E-state index >= 15 is 0 Å². The van der Waals surface area contributed by atoms with E-state index in [0.29, 0.717) is 33.8 Å². The lowest BCUT2D eigenvalue weighted by Crippen LogP contribution is -1.97.